The number of nitrogens with zero attached hydrogens (tertiary/aromatic N) is 4. The molecular formula is C42H66N4O2. The SMILES string of the molecule is C=C/C(OC(C)CC)=C(C)\C=C(/C)N(CN(C)CC)C(=O)/C(=C\N=C)Cc1ccc(C/C(=C/C=C\CC)CC#N)cc1.CC.CCCC. The second-order valence-corrected chi connectivity index (χ2v) is 11.4. The van der Waals surface area contributed by atoms with Crippen LogP contribution in [0.4, 0.5) is 0 Å². The Labute approximate surface area is 295 Å². The number of allylic oxidation sites excluding steroid dienone is 8. The maximum Gasteiger partial charge on any atom is 0.256 e. The fourth-order valence-electron chi connectivity index (χ4n) is 4.08. The average Bonchev–Trinajstić information content (AvgIpc) is 3.10. The van der Waals surface area contributed by atoms with Crippen LogP contribution in [-0.2, 0) is 22.4 Å². The number of amides is 1. The number of hydrogen-bond donors (Lipinski definition) is 0. The van der Waals surface area contributed by atoms with E-state index in [1.54, 1.807) is 17.2 Å². The summed E-state index contributed by atoms with van der Waals surface area (Å²) in [5, 5.41) is 9.21. The van der Waals surface area contributed by atoms with Gasteiger partial charge in [-0.2, -0.15) is 5.26 Å². The first kappa shape index (κ1) is 46.2. The molecule has 0 aliphatic rings. The lowest BCUT2D eigenvalue weighted by atomic mass is 9.98. The van der Waals surface area contributed by atoms with E-state index in [-0.39, 0.29) is 12.0 Å². The van der Waals surface area contributed by atoms with Gasteiger partial charge >= 0.3 is 0 Å². The predicted molar refractivity (Wildman–Crippen MR) is 209 cm³/mol. The van der Waals surface area contributed by atoms with Crippen LogP contribution < -0.4 is 0 Å². The number of hydrogen-bond acceptors (Lipinski definition) is 5. The molecule has 6 nitrogen and oxygen atoms in total. The summed E-state index contributed by atoms with van der Waals surface area (Å²) in [6.45, 7) is 29.3. The van der Waals surface area contributed by atoms with Gasteiger partial charge in [-0.05, 0) is 89.2 Å². The normalized spacial score (nSPS) is 12.9. The van der Waals surface area contributed by atoms with Crippen LogP contribution in [0.25, 0.3) is 0 Å². The Hall–Kier alpha value is -3.95. The topological polar surface area (TPSA) is 68.9 Å². The third kappa shape index (κ3) is 19.7. The minimum Gasteiger partial charge on any atom is -0.490 e. The number of carbonyl (C=O) groups is 1. The molecular weight excluding hydrogens is 592 g/mol. The van der Waals surface area contributed by atoms with Gasteiger partial charge in [0, 0.05) is 23.9 Å². The van der Waals surface area contributed by atoms with E-state index < -0.39 is 0 Å². The summed E-state index contributed by atoms with van der Waals surface area (Å²) in [6.07, 6.45) is 17.4. The number of benzene rings is 1. The van der Waals surface area contributed by atoms with Gasteiger partial charge in [-0.25, -0.2) is 0 Å². The summed E-state index contributed by atoms with van der Waals surface area (Å²) < 4.78 is 6.04. The van der Waals surface area contributed by atoms with E-state index in [1.807, 2.05) is 72.0 Å². The van der Waals surface area contributed by atoms with Gasteiger partial charge in [-0.3, -0.25) is 19.6 Å². The highest BCUT2D eigenvalue weighted by Crippen LogP contribution is 2.21. The number of unbranched alkanes of at least 4 members (excludes halogenated alkanes) is 1. The zero-order valence-electron chi connectivity index (χ0n) is 32.2. The van der Waals surface area contributed by atoms with E-state index >= 15 is 0 Å². The maximum atomic E-state index is 14.0. The molecule has 48 heavy (non-hydrogen) atoms. The van der Waals surface area contributed by atoms with E-state index in [4.69, 9.17) is 4.74 Å². The Morgan fingerprint density at radius 3 is 2.08 bits per heavy atom. The molecule has 266 valence electrons. The summed E-state index contributed by atoms with van der Waals surface area (Å²) >= 11 is 0. The van der Waals surface area contributed by atoms with Crippen molar-refractivity contribution in [1.82, 2.24) is 9.80 Å². The van der Waals surface area contributed by atoms with Crippen LogP contribution in [0.3, 0.4) is 0 Å². The Bertz CT molecular complexity index is 1260. The highest BCUT2D eigenvalue weighted by atomic mass is 16.5. The number of carbonyl (C=O) groups excluding carboxylic acids is 1. The first-order chi connectivity index (χ1) is 23.0. The molecule has 1 rings (SSSR count). The molecule has 1 atom stereocenters. The van der Waals surface area contributed by atoms with Crippen molar-refractivity contribution in [3.05, 3.63) is 107 Å². The van der Waals surface area contributed by atoms with Crippen molar-refractivity contribution in [2.75, 3.05) is 20.3 Å². The molecule has 0 saturated heterocycles. The van der Waals surface area contributed by atoms with Crippen LogP contribution in [0.1, 0.15) is 112 Å². The molecule has 6 heteroatoms. The van der Waals surface area contributed by atoms with Crippen molar-refractivity contribution in [3.8, 4) is 6.07 Å². The molecule has 1 aromatic rings. The third-order valence-corrected chi connectivity index (χ3v) is 7.38. The Morgan fingerprint density at radius 2 is 1.62 bits per heavy atom. The lowest BCUT2D eigenvalue weighted by molar-refractivity contribution is -0.127. The third-order valence-electron chi connectivity index (χ3n) is 7.38. The largest absolute Gasteiger partial charge is 0.490 e. The quantitative estimate of drug-likeness (QED) is 0.0488. The molecule has 0 aliphatic carbocycles. The molecule has 1 aromatic carbocycles. The molecule has 0 heterocycles. The number of nitriles is 1. The van der Waals surface area contributed by atoms with E-state index in [2.05, 4.69) is 82.1 Å². The predicted octanol–water partition coefficient (Wildman–Crippen LogP) is 10.9. The van der Waals surface area contributed by atoms with Crippen LogP contribution >= 0.6 is 0 Å². The Balaban J connectivity index is 0. The van der Waals surface area contributed by atoms with Crippen LogP contribution in [0.2, 0.25) is 0 Å². The molecule has 0 radical (unpaired) electrons. The molecule has 0 spiro atoms. The van der Waals surface area contributed by atoms with Gasteiger partial charge in [-0.15, -0.1) is 0 Å². The summed E-state index contributed by atoms with van der Waals surface area (Å²) in [6, 6.07) is 10.4. The van der Waals surface area contributed by atoms with Gasteiger partial charge in [0.25, 0.3) is 5.91 Å². The van der Waals surface area contributed by atoms with Crippen molar-refractivity contribution in [3.63, 3.8) is 0 Å². The number of ether oxygens (including phenoxy) is 1. The highest BCUT2D eigenvalue weighted by Gasteiger charge is 2.22. The fourth-order valence-corrected chi connectivity index (χ4v) is 4.08. The van der Waals surface area contributed by atoms with E-state index in [9.17, 15) is 10.1 Å². The van der Waals surface area contributed by atoms with Gasteiger partial charge in [-0.1, -0.05) is 116 Å². The molecule has 0 aromatic heterocycles. The molecule has 0 aliphatic heterocycles. The van der Waals surface area contributed by atoms with Gasteiger partial charge in [0.05, 0.1) is 25.3 Å². The zero-order chi connectivity index (χ0) is 36.9. The lowest BCUT2D eigenvalue weighted by Gasteiger charge is -2.29. The molecule has 1 amide bonds. The molecule has 0 saturated carbocycles. The number of aliphatic imine (C=N–C) groups is 1. The highest BCUT2D eigenvalue weighted by molar-refractivity contribution is 5.95. The smallest absolute Gasteiger partial charge is 0.256 e. The van der Waals surface area contributed by atoms with Crippen LogP contribution in [0.15, 0.2) is 101 Å². The first-order valence-electron chi connectivity index (χ1n) is 17.7. The van der Waals surface area contributed by atoms with E-state index in [0.29, 0.717) is 37.3 Å². The number of rotatable bonds is 19. The Kier molecular flexibility index (Phi) is 28.1. The van der Waals surface area contributed by atoms with Crippen LogP contribution in [-0.4, -0.2) is 48.8 Å². The van der Waals surface area contributed by atoms with Crippen molar-refractivity contribution in [2.45, 2.75) is 120 Å². The molecule has 0 fully saturated rings. The first-order valence-corrected chi connectivity index (χ1v) is 17.7. The van der Waals surface area contributed by atoms with Crippen molar-refractivity contribution in [1.29, 1.82) is 5.26 Å². The minimum atomic E-state index is -0.127. The van der Waals surface area contributed by atoms with E-state index in [1.165, 1.54) is 12.8 Å². The lowest BCUT2D eigenvalue weighted by Crippen LogP contribution is -2.39. The molecule has 0 N–H and O–H groups in total. The van der Waals surface area contributed by atoms with Crippen molar-refractivity contribution < 1.29 is 9.53 Å². The summed E-state index contributed by atoms with van der Waals surface area (Å²) in [7, 11) is 1.98. The average molecular weight is 659 g/mol. The monoisotopic (exact) mass is 659 g/mol. The van der Waals surface area contributed by atoms with Gasteiger partial charge < -0.3 is 4.74 Å². The van der Waals surface area contributed by atoms with Gasteiger partial charge in [0.1, 0.15) is 5.76 Å². The summed E-state index contributed by atoms with van der Waals surface area (Å²) in [4.78, 5) is 21.8. The van der Waals surface area contributed by atoms with Crippen molar-refractivity contribution >= 4 is 12.6 Å². The second-order valence-electron chi connectivity index (χ2n) is 11.4. The van der Waals surface area contributed by atoms with E-state index in [0.717, 1.165) is 47.4 Å². The fraction of sp³-hybridized carbons (Fsp3) is 0.500. The molecule has 1 unspecified atom stereocenters. The molecule has 0 bridgehead atoms. The van der Waals surface area contributed by atoms with Crippen molar-refractivity contribution in [2.24, 2.45) is 4.99 Å². The van der Waals surface area contributed by atoms with Gasteiger partial charge in [0.15, 0.2) is 0 Å². The maximum absolute atomic E-state index is 14.0. The Morgan fingerprint density at radius 1 is 1.04 bits per heavy atom. The minimum absolute atomic E-state index is 0.0667. The van der Waals surface area contributed by atoms with Crippen LogP contribution in [0, 0.1) is 11.3 Å². The van der Waals surface area contributed by atoms with Gasteiger partial charge in [0.2, 0.25) is 0 Å². The standard InChI is InChI=1S/C36H50N4O2.C4H10.C2H6/c1-10-14-15-16-31(21-22-37)24-32-17-19-33(20-18-32)25-34(26-38-8)36(41)40(27-39(9)13-4)29(6)23-28(5)35(12-3)42-30(7)11-2;1-3-4-2;1-2/h12,14-20,23,26,30H,3,8,10-11,13,21,24-25,27H2,1-2,4-7,9H3;3-4H2,1-2H3;1-2H3/b15-14-,29-23+,31-16+,34-26-,35-28+;;. The van der Waals surface area contributed by atoms with Crippen LogP contribution in [0.5, 0.6) is 0 Å². The second kappa shape index (κ2) is 29.2. The summed E-state index contributed by atoms with van der Waals surface area (Å²) in [5.74, 6) is 0.580. The zero-order valence-corrected chi connectivity index (χ0v) is 32.2. The summed E-state index contributed by atoms with van der Waals surface area (Å²) in [5.41, 5.74) is 5.43.